The zero-order chi connectivity index (χ0) is 15.5. The van der Waals surface area contributed by atoms with Gasteiger partial charge in [0.05, 0.1) is 21.1 Å². The van der Waals surface area contributed by atoms with E-state index in [1.54, 1.807) is 0 Å². The van der Waals surface area contributed by atoms with Gasteiger partial charge in [-0.25, -0.2) is 4.39 Å². The fourth-order valence-electron chi connectivity index (χ4n) is 1.93. The molecular formula is C13H15BrClFN2OS. The van der Waals surface area contributed by atoms with Gasteiger partial charge in [0.1, 0.15) is 5.82 Å². The van der Waals surface area contributed by atoms with E-state index in [0.717, 1.165) is 6.07 Å². The summed E-state index contributed by atoms with van der Waals surface area (Å²) in [7, 11) is 0. The smallest absolute Gasteiger partial charge is 0.237 e. The molecule has 20 heavy (non-hydrogen) atoms. The predicted molar refractivity (Wildman–Crippen MR) is 87.5 cm³/mol. The molecule has 1 aromatic carbocycles. The second kappa shape index (κ2) is 6.83. The molecule has 0 bridgehead atoms. The van der Waals surface area contributed by atoms with E-state index in [1.807, 2.05) is 13.8 Å². The Kier molecular flexibility index (Phi) is 5.91. The minimum absolute atomic E-state index is 0.106. The van der Waals surface area contributed by atoms with Crippen LogP contribution in [0.15, 0.2) is 16.6 Å². The number of nitrogens with one attached hydrogen (secondary N) is 1. The number of benzene rings is 1. The fourth-order valence-corrected chi connectivity index (χ4v) is 3.21. The van der Waals surface area contributed by atoms with Crippen LogP contribution in [0.5, 0.6) is 0 Å². The quantitative estimate of drug-likeness (QED) is 0.749. The average molecular weight is 382 g/mol. The molecule has 3 nitrogen and oxygen atoms in total. The van der Waals surface area contributed by atoms with Crippen molar-refractivity contribution in [2.45, 2.75) is 26.7 Å². The summed E-state index contributed by atoms with van der Waals surface area (Å²) < 4.78 is 13.5. The Bertz CT molecular complexity index is 526. The Balaban J connectivity index is 3.16. The summed E-state index contributed by atoms with van der Waals surface area (Å²) in [4.78, 5) is 12.6. The van der Waals surface area contributed by atoms with Gasteiger partial charge >= 0.3 is 0 Å². The highest BCUT2D eigenvalue weighted by Crippen LogP contribution is 2.35. The molecule has 0 aromatic heterocycles. The van der Waals surface area contributed by atoms with Crippen LogP contribution in [0.1, 0.15) is 26.7 Å². The van der Waals surface area contributed by atoms with E-state index in [9.17, 15) is 9.18 Å². The molecular weight excluding hydrogens is 367 g/mol. The second-order valence-corrected chi connectivity index (χ2v) is 6.05. The molecule has 110 valence electrons. The molecule has 0 heterocycles. The van der Waals surface area contributed by atoms with Crippen molar-refractivity contribution in [2.24, 2.45) is 11.1 Å². The molecule has 7 heteroatoms. The molecule has 1 aromatic rings. The molecule has 1 amide bonds. The molecule has 0 aliphatic heterocycles. The molecule has 0 fully saturated rings. The first kappa shape index (κ1) is 17.3. The first-order chi connectivity index (χ1) is 9.28. The Hall–Kier alpha value is -0.720. The van der Waals surface area contributed by atoms with Crippen molar-refractivity contribution in [3.05, 3.63) is 27.4 Å². The van der Waals surface area contributed by atoms with E-state index in [0.29, 0.717) is 23.0 Å². The number of carbonyl (C=O) groups is 1. The molecule has 3 N–H and O–H groups in total. The first-order valence-corrected chi connectivity index (χ1v) is 7.62. The van der Waals surface area contributed by atoms with Gasteiger partial charge in [-0.1, -0.05) is 37.7 Å². The number of halogens is 3. The number of amides is 1. The van der Waals surface area contributed by atoms with Gasteiger partial charge in [-0.2, -0.15) is 0 Å². The van der Waals surface area contributed by atoms with Crippen molar-refractivity contribution < 1.29 is 9.18 Å². The number of hydrogen-bond donors (Lipinski definition) is 2. The Morgan fingerprint density at radius 3 is 2.45 bits per heavy atom. The summed E-state index contributed by atoms with van der Waals surface area (Å²) >= 11 is 14.1. The van der Waals surface area contributed by atoms with Gasteiger partial charge in [0, 0.05) is 4.47 Å². The monoisotopic (exact) mass is 380 g/mol. The van der Waals surface area contributed by atoms with Gasteiger partial charge in [-0.3, -0.25) is 4.79 Å². The molecule has 0 atom stereocenters. The van der Waals surface area contributed by atoms with Crippen molar-refractivity contribution in [3.8, 4) is 0 Å². The lowest BCUT2D eigenvalue weighted by molar-refractivity contribution is -0.122. The van der Waals surface area contributed by atoms with Crippen molar-refractivity contribution in [3.63, 3.8) is 0 Å². The maximum Gasteiger partial charge on any atom is 0.237 e. The average Bonchev–Trinajstić information content (AvgIpc) is 2.35. The van der Waals surface area contributed by atoms with Gasteiger partial charge in [0.25, 0.3) is 0 Å². The van der Waals surface area contributed by atoms with Crippen molar-refractivity contribution in [1.29, 1.82) is 0 Å². The van der Waals surface area contributed by atoms with E-state index in [2.05, 4.69) is 21.2 Å². The normalized spacial score (nSPS) is 11.2. The summed E-state index contributed by atoms with van der Waals surface area (Å²) in [5, 5.41) is 2.78. The molecule has 0 aliphatic carbocycles. The number of carbonyl (C=O) groups excluding carboxylic acids is 1. The van der Waals surface area contributed by atoms with Crippen molar-refractivity contribution in [2.75, 3.05) is 5.32 Å². The molecule has 0 saturated heterocycles. The van der Waals surface area contributed by atoms with Crippen LogP contribution in [-0.2, 0) is 4.79 Å². The van der Waals surface area contributed by atoms with Crippen LogP contribution in [0.25, 0.3) is 0 Å². The van der Waals surface area contributed by atoms with E-state index >= 15 is 0 Å². The van der Waals surface area contributed by atoms with Crippen LogP contribution >= 0.6 is 39.7 Å². The maximum absolute atomic E-state index is 13.2. The lowest BCUT2D eigenvalue weighted by atomic mass is 9.81. The van der Waals surface area contributed by atoms with Crippen LogP contribution in [0.4, 0.5) is 10.1 Å². The van der Waals surface area contributed by atoms with E-state index in [-0.39, 0.29) is 15.9 Å². The van der Waals surface area contributed by atoms with E-state index in [1.165, 1.54) is 6.07 Å². The molecule has 0 saturated carbocycles. The Labute approximate surface area is 136 Å². The summed E-state index contributed by atoms with van der Waals surface area (Å²) in [6.07, 6.45) is 0.947. The SMILES string of the molecule is CCC(CC)(C(=O)Nc1c(Cl)cc(F)cc1Br)C(N)=S. The number of hydrogen-bond acceptors (Lipinski definition) is 2. The van der Waals surface area contributed by atoms with Gasteiger partial charge in [0.15, 0.2) is 0 Å². The standard InChI is InChI=1S/C13H15BrClFN2OS/c1-3-13(4-2,11(17)20)12(19)18-10-8(14)5-7(16)6-9(10)15/h5-6H,3-4H2,1-2H3,(H2,17,20)(H,18,19). The molecule has 0 aliphatic rings. The second-order valence-electron chi connectivity index (χ2n) is 4.35. The number of rotatable bonds is 5. The minimum atomic E-state index is -0.938. The van der Waals surface area contributed by atoms with Crippen LogP contribution in [0, 0.1) is 11.2 Å². The van der Waals surface area contributed by atoms with E-state index < -0.39 is 11.2 Å². The number of nitrogens with two attached hydrogens (primary N) is 1. The van der Waals surface area contributed by atoms with Gasteiger partial charge in [-0.05, 0) is 40.9 Å². The van der Waals surface area contributed by atoms with Gasteiger partial charge in [0.2, 0.25) is 5.91 Å². The van der Waals surface area contributed by atoms with Crippen LogP contribution < -0.4 is 11.1 Å². The first-order valence-electron chi connectivity index (χ1n) is 6.04. The number of thiocarbonyl (C=S) groups is 1. The highest BCUT2D eigenvalue weighted by molar-refractivity contribution is 9.10. The lowest BCUT2D eigenvalue weighted by Gasteiger charge is -2.29. The zero-order valence-electron chi connectivity index (χ0n) is 11.1. The number of anilines is 1. The highest BCUT2D eigenvalue weighted by Gasteiger charge is 2.38. The maximum atomic E-state index is 13.2. The summed E-state index contributed by atoms with van der Waals surface area (Å²) in [5.41, 5.74) is 5.08. The predicted octanol–water partition coefficient (Wildman–Crippen LogP) is 4.27. The summed E-state index contributed by atoms with van der Waals surface area (Å²) in [6.45, 7) is 3.67. The molecule has 1 rings (SSSR count). The molecule has 0 spiro atoms. The summed E-state index contributed by atoms with van der Waals surface area (Å²) in [5.74, 6) is -0.837. The van der Waals surface area contributed by atoms with E-state index in [4.69, 9.17) is 29.6 Å². The fraction of sp³-hybridized carbons (Fsp3) is 0.385. The third-order valence-corrected chi connectivity index (χ3v) is 4.67. The summed E-state index contributed by atoms with van der Waals surface area (Å²) in [6, 6.07) is 2.35. The molecule has 0 radical (unpaired) electrons. The van der Waals surface area contributed by atoms with Crippen molar-refractivity contribution >= 4 is 56.3 Å². The van der Waals surface area contributed by atoms with Crippen LogP contribution in [0.2, 0.25) is 5.02 Å². The largest absolute Gasteiger partial charge is 0.392 e. The zero-order valence-corrected chi connectivity index (χ0v) is 14.3. The third-order valence-electron chi connectivity index (χ3n) is 3.36. The van der Waals surface area contributed by atoms with Gasteiger partial charge < -0.3 is 11.1 Å². The van der Waals surface area contributed by atoms with Crippen molar-refractivity contribution in [1.82, 2.24) is 0 Å². The lowest BCUT2D eigenvalue weighted by Crippen LogP contribution is -2.45. The molecule has 0 unspecified atom stereocenters. The third kappa shape index (κ3) is 3.30. The van der Waals surface area contributed by atoms with Crippen LogP contribution in [0.3, 0.4) is 0 Å². The minimum Gasteiger partial charge on any atom is -0.392 e. The Morgan fingerprint density at radius 1 is 1.50 bits per heavy atom. The highest BCUT2D eigenvalue weighted by atomic mass is 79.9. The van der Waals surface area contributed by atoms with Gasteiger partial charge in [-0.15, -0.1) is 0 Å². The Morgan fingerprint density at radius 2 is 2.05 bits per heavy atom. The topological polar surface area (TPSA) is 55.1 Å². The van der Waals surface area contributed by atoms with Crippen LogP contribution in [-0.4, -0.2) is 10.9 Å².